The van der Waals surface area contributed by atoms with Gasteiger partial charge in [-0.15, -0.1) is 0 Å². The van der Waals surface area contributed by atoms with E-state index < -0.39 is 12.5 Å². The molecule has 0 aromatic heterocycles. The fourth-order valence-electron chi connectivity index (χ4n) is 2.78. The molecule has 1 fully saturated rings. The Bertz CT molecular complexity index is 620. The highest BCUT2D eigenvalue weighted by atomic mass is 19.3. The predicted molar refractivity (Wildman–Crippen MR) is 78.5 cm³/mol. The molecule has 0 saturated heterocycles. The van der Waals surface area contributed by atoms with Crippen molar-refractivity contribution in [2.45, 2.75) is 37.7 Å². The minimum Gasteiger partial charge on any atom is -0.384 e. The number of benzene rings is 2. The third-order valence-corrected chi connectivity index (χ3v) is 4.28. The number of aliphatic hydroxyl groups excluding tert-OH is 1. The Hall–Kier alpha value is -1.74. The zero-order chi connectivity index (χ0) is 14.8. The molecule has 1 nitrogen and oxygen atoms in total. The van der Waals surface area contributed by atoms with Crippen molar-refractivity contribution in [2.75, 3.05) is 0 Å². The quantitative estimate of drug-likeness (QED) is 0.841. The Morgan fingerprint density at radius 2 is 1.52 bits per heavy atom. The van der Waals surface area contributed by atoms with Gasteiger partial charge in [0.1, 0.15) is 6.10 Å². The Balaban J connectivity index is 1.87. The molecular weight excluding hydrogens is 270 g/mol. The van der Waals surface area contributed by atoms with Crippen LogP contribution in [0.2, 0.25) is 0 Å². The van der Waals surface area contributed by atoms with Crippen LogP contribution in [0.3, 0.4) is 0 Å². The highest BCUT2D eigenvalue weighted by Gasteiger charge is 2.21. The highest BCUT2D eigenvalue weighted by molar-refractivity contribution is 5.36. The molecule has 1 atom stereocenters. The highest BCUT2D eigenvalue weighted by Crippen LogP contribution is 2.37. The summed E-state index contributed by atoms with van der Waals surface area (Å²) < 4.78 is 25.5. The van der Waals surface area contributed by atoms with E-state index in [0.29, 0.717) is 11.5 Å². The van der Waals surface area contributed by atoms with Gasteiger partial charge in [0.2, 0.25) is 0 Å². The first-order chi connectivity index (χ1) is 10.1. The molecule has 0 bridgehead atoms. The van der Waals surface area contributed by atoms with E-state index in [2.05, 4.69) is 6.07 Å². The number of halogens is 2. The van der Waals surface area contributed by atoms with Crippen LogP contribution in [-0.2, 0) is 0 Å². The molecule has 0 spiro atoms. The lowest BCUT2D eigenvalue weighted by atomic mass is 9.79. The van der Waals surface area contributed by atoms with E-state index in [4.69, 9.17) is 0 Å². The van der Waals surface area contributed by atoms with Crippen molar-refractivity contribution in [3.05, 3.63) is 70.8 Å². The first-order valence-corrected chi connectivity index (χ1v) is 7.31. The Kier molecular flexibility index (Phi) is 4.02. The molecule has 1 aliphatic carbocycles. The van der Waals surface area contributed by atoms with Crippen LogP contribution in [0.5, 0.6) is 0 Å². The van der Waals surface area contributed by atoms with Crippen LogP contribution in [0, 0.1) is 0 Å². The molecule has 1 N–H and O–H groups in total. The molecule has 0 heterocycles. The molecule has 3 heteroatoms. The van der Waals surface area contributed by atoms with Crippen molar-refractivity contribution in [1.82, 2.24) is 0 Å². The van der Waals surface area contributed by atoms with Crippen molar-refractivity contribution in [1.29, 1.82) is 0 Å². The van der Waals surface area contributed by atoms with Crippen LogP contribution in [-0.4, -0.2) is 5.11 Å². The number of rotatable bonds is 4. The summed E-state index contributed by atoms with van der Waals surface area (Å²) in [5.41, 5.74) is 2.47. The van der Waals surface area contributed by atoms with Gasteiger partial charge in [0, 0.05) is 5.56 Å². The van der Waals surface area contributed by atoms with Crippen molar-refractivity contribution in [3.63, 3.8) is 0 Å². The van der Waals surface area contributed by atoms with Gasteiger partial charge >= 0.3 is 0 Å². The lowest BCUT2D eigenvalue weighted by Crippen LogP contribution is -2.09. The molecule has 1 unspecified atom stereocenters. The Morgan fingerprint density at radius 3 is 2.14 bits per heavy atom. The maximum atomic E-state index is 12.8. The number of hydrogen-bond acceptors (Lipinski definition) is 1. The van der Waals surface area contributed by atoms with E-state index in [9.17, 15) is 13.9 Å². The van der Waals surface area contributed by atoms with Crippen LogP contribution >= 0.6 is 0 Å². The second-order valence-corrected chi connectivity index (χ2v) is 5.67. The van der Waals surface area contributed by atoms with Crippen molar-refractivity contribution in [3.8, 4) is 0 Å². The van der Waals surface area contributed by atoms with Gasteiger partial charge in [-0.05, 0) is 41.5 Å². The van der Waals surface area contributed by atoms with E-state index in [1.54, 1.807) is 12.1 Å². The van der Waals surface area contributed by atoms with Gasteiger partial charge < -0.3 is 5.11 Å². The molecule has 0 amide bonds. The molecule has 1 aliphatic rings. The van der Waals surface area contributed by atoms with Crippen molar-refractivity contribution in [2.24, 2.45) is 0 Å². The number of hydrogen-bond donors (Lipinski definition) is 1. The third kappa shape index (κ3) is 2.98. The molecule has 110 valence electrons. The largest absolute Gasteiger partial charge is 0.384 e. The molecule has 0 radical (unpaired) electrons. The van der Waals surface area contributed by atoms with Crippen molar-refractivity contribution >= 4 is 0 Å². The van der Waals surface area contributed by atoms with Gasteiger partial charge in [-0.1, -0.05) is 48.9 Å². The van der Waals surface area contributed by atoms with Gasteiger partial charge in [-0.3, -0.25) is 0 Å². The van der Waals surface area contributed by atoms with E-state index in [1.807, 2.05) is 18.2 Å². The summed E-state index contributed by atoms with van der Waals surface area (Å²) >= 11 is 0. The van der Waals surface area contributed by atoms with Gasteiger partial charge in [-0.2, -0.15) is 0 Å². The summed E-state index contributed by atoms with van der Waals surface area (Å²) in [6.07, 6.45) is 0.275. The first kappa shape index (κ1) is 14.2. The average molecular weight is 288 g/mol. The minimum atomic E-state index is -2.52. The van der Waals surface area contributed by atoms with Crippen molar-refractivity contribution < 1.29 is 13.9 Å². The Morgan fingerprint density at radius 1 is 0.905 bits per heavy atom. The monoisotopic (exact) mass is 288 g/mol. The molecule has 3 rings (SSSR count). The van der Waals surface area contributed by atoms with E-state index >= 15 is 0 Å². The summed E-state index contributed by atoms with van der Waals surface area (Å²) in [5.74, 6) is 0.588. The average Bonchev–Trinajstić information content (AvgIpc) is 2.45. The fraction of sp³-hybridized carbons (Fsp3) is 0.333. The summed E-state index contributed by atoms with van der Waals surface area (Å²) in [7, 11) is 0. The SMILES string of the molecule is OC(c1cccc(C(F)F)c1)c1cccc(C2CCC2)c1. The van der Waals surface area contributed by atoms with Crippen LogP contribution in [0.15, 0.2) is 48.5 Å². The predicted octanol–water partition coefficient (Wildman–Crippen LogP) is 4.97. The Labute approximate surface area is 123 Å². The van der Waals surface area contributed by atoms with Crippen LogP contribution < -0.4 is 0 Å². The molecule has 21 heavy (non-hydrogen) atoms. The summed E-state index contributed by atoms with van der Waals surface area (Å²) in [5, 5.41) is 10.5. The first-order valence-electron chi connectivity index (χ1n) is 7.31. The topological polar surface area (TPSA) is 20.2 Å². The van der Waals surface area contributed by atoms with Gasteiger partial charge in [-0.25, -0.2) is 8.78 Å². The van der Waals surface area contributed by atoms with E-state index in [1.165, 1.54) is 37.0 Å². The number of aliphatic hydroxyl groups is 1. The second-order valence-electron chi connectivity index (χ2n) is 5.67. The third-order valence-electron chi connectivity index (χ3n) is 4.28. The van der Waals surface area contributed by atoms with Crippen LogP contribution in [0.25, 0.3) is 0 Å². The second kappa shape index (κ2) is 5.94. The minimum absolute atomic E-state index is 0.0540. The zero-order valence-corrected chi connectivity index (χ0v) is 11.7. The maximum absolute atomic E-state index is 12.8. The molecule has 2 aromatic rings. The summed E-state index contributed by atoms with van der Waals surface area (Å²) in [6, 6.07) is 13.9. The summed E-state index contributed by atoms with van der Waals surface area (Å²) in [4.78, 5) is 0. The smallest absolute Gasteiger partial charge is 0.263 e. The standard InChI is InChI=1S/C18H18F2O/c19-18(20)16-9-3-8-15(11-16)17(21)14-7-2-6-13(10-14)12-4-1-5-12/h2-3,6-12,17-18,21H,1,4-5H2. The van der Waals surface area contributed by atoms with Gasteiger partial charge in [0.05, 0.1) is 0 Å². The van der Waals surface area contributed by atoms with E-state index in [0.717, 1.165) is 5.56 Å². The lowest BCUT2D eigenvalue weighted by Gasteiger charge is -2.26. The molecule has 0 aliphatic heterocycles. The maximum Gasteiger partial charge on any atom is 0.263 e. The lowest BCUT2D eigenvalue weighted by molar-refractivity contribution is 0.150. The molecule has 1 saturated carbocycles. The van der Waals surface area contributed by atoms with Gasteiger partial charge in [0.15, 0.2) is 0 Å². The molecule has 2 aromatic carbocycles. The van der Waals surface area contributed by atoms with Crippen LogP contribution in [0.1, 0.15) is 60.0 Å². The van der Waals surface area contributed by atoms with Crippen LogP contribution in [0.4, 0.5) is 8.78 Å². The number of alkyl halides is 2. The van der Waals surface area contributed by atoms with Gasteiger partial charge in [0.25, 0.3) is 6.43 Å². The molecular formula is C18H18F2O. The summed E-state index contributed by atoms with van der Waals surface area (Å²) in [6.45, 7) is 0. The zero-order valence-electron chi connectivity index (χ0n) is 11.7. The van der Waals surface area contributed by atoms with E-state index in [-0.39, 0.29) is 5.56 Å². The fourth-order valence-corrected chi connectivity index (χ4v) is 2.78. The normalized spacial score (nSPS) is 16.8.